The van der Waals surface area contributed by atoms with Gasteiger partial charge in [0.25, 0.3) is 0 Å². The second kappa shape index (κ2) is 6.39. The van der Waals surface area contributed by atoms with Gasteiger partial charge in [0.05, 0.1) is 17.6 Å². The van der Waals surface area contributed by atoms with Gasteiger partial charge in [-0.05, 0) is 18.6 Å². The van der Waals surface area contributed by atoms with Gasteiger partial charge < -0.3 is 5.11 Å². The van der Waals surface area contributed by atoms with Crippen LogP contribution in [0.3, 0.4) is 0 Å². The lowest BCUT2D eigenvalue weighted by atomic mass is 10.1. The Bertz CT molecular complexity index is 572. The average molecular weight is 313 g/mol. The number of likely N-dealkylation sites (tertiary alicyclic amines) is 1. The maximum Gasteiger partial charge on any atom is 0.214 e. The van der Waals surface area contributed by atoms with Gasteiger partial charge in [-0.15, -0.1) is 0 Å². The molecule has 1 saturated heterocycles. The number of hydrogen-bond acceptors (Lipinski definition) is 5. The van der Waals surface area contributed by atoms with Gasteiger partial charge in [-0.2, -0.15) is 0 Å². The van der Waals surface area contributed by atoms with E-state index in [9.17, 15) is 13.5 Å². The van der Waals surface area contributed by atoms with Crippen LogP contribution in [0.5, 0.6) is 0 Å². The van der Waals surface area contributed by atoms with Crippen LogP contribution in [0.2, 0.25) is 0 Å². The summed E-state index contributed by atoms with van der Waals surface area (Å²) in [6, 6.07) is 3.97. The summed E-state index contributed by atoms with van der Waals surface area (Å²) in [5.41, 5.74) is 2.04. The summed E-state index contributed by atoms with van der Waals surface area (Å²) < 4.78 is 25.0. The Hall–Kier alpha value is -1.02. The number of aromatic nitrogens is 1. The van der Waals surface area contributed by atoms with Gasteiger partial charge in [0.1, 0.15) is 0 Å². The minimum atomic E-state index is -3.29. The van der Waals surface area contributed by atoms with Crippen molar-refractivity contribution in [3.8, 4) is 0 Å². The van der Waals surface area contributed by atoms with Crippen LogP contribution in [-0.4, -0.2) is 66.8 Å². The first-order valence-corrected chi connectivity index (χ1v) is 8.61. The molecule has 0 aliphatic carbocycles. The lowest BCUT2D eigenvalue weighted by Gasteiger charge is -2.17. The first-order valence-electron chi connectivity index (χ1n) is 7.00. The first kappa shape index (κ1) is 16.4. The summed E-state index contributed by atoms with van der Waals surface area (Å²) in [7, 11) is -0.248. The Morgan fingerprint density at radius 2 is 2.10 bits per heavy atom. The smallest absolute Gasteiger partial charge is 0.214 e. The molecule has 6 nitrogen and oxygen atoms in total. The molecule has 0 unspecified atom stereocenters. The van der Waals surface area contributed by atoms with E-state index in [4.69, 9.17) is 0 Å². The predicted octanol–water partition coefficient (Wildman–Crippen LogP) is 0.0741. The summed E-state index contributed by atoms with van der Waals surface area (Å²) >= 11 is 0. The Morgan fingerprint density at radius 1 is 1.38 bits per heavy atom. The number of β-amino-alcohol motifs (C(OH)–C–C–N with tert-alkyl or cyclic N) is 1. The van der Waals surface area contributed by atoms with Crippen molar-refractivity contribution < 1.29 is 13.5 Å². The minimum Gasteiger partial charge on any atom is -0.391 e. The molecule has 2 rings (SSSR count). The third kappa shape index (κ3) is 4.23. The normalized spacial score (nSPS) is 23.9. The molecular weight excluding hydrogens is 290 g/mol. The number of hydrogen-bond donors (Lipinski definition) is 1. The highest BCUT2D eigenvalue weighted by atomic mass is 32.2. The van der Waals surface area contributed by atoms with E-state index in [1.54, 1.807) is 0 Å². The van der Waals surface area contributed by atoms with Crippen LogP contribution >= 0.6 is 0 Å². The van der Waals surface area contributed by atoms with Crippen molar-refractivity contribution in [2.75, 3.05) is 32.9 Å². The van der Waals surface area contributed by atoms with Crippen molar-refractivity contribution >= 4 is 10.0 Å². The molecule has 0 spiro atoms. The van der Waals surface area contributed by atoms with Crippen molar-refractivity contribution in [2.45, 2.75) is 19.6 Å². The van der Waals surface area contributed by atoms with Gasteiger partial charge >= 0.3 is 0 Å². The molecular formula is C14H23N3O3S. The summed E-state index contributed by atoms with van der Waals surface area (Å²) in [5, 5.41) is 10.1. The molecule has 2 atom stereocenters. The van der Waals surface area contributed by atoms with Crippen LogP contribution in [0.25, 0.3) is 0 Å². The van der Waals surface area contributed by atoms with E-state index in [1.807, 2.05) is 25.3 Å². The number of pyridine rings is 1. The maximum absolute atomic E-state index is 11.9. The number of aliphatic hydroxyl groups excluding tert-OH is 1. The lowest BCUT2D eigenvalue weighted by molar-refractivity contribution is 0.148. The monoisotopic (exact) mass is 313 g/mol. The Labute approximate surface area is 126 Å². The molecule has 1 aliphatic heterocycles. The number of aliphatic hydroxyl groups is 1. The van der Waals surface area contributed by atoms with Crippen molar-refractivity contribution in [1.29, 1.82) is 0 Å². The molecule has 0 bridgehead atoms. The summed E-state index contributed by atoms with van der Waals surface area (Å²) in [6.45, 7) is 3.68. The third-order valence-corrected chi connectivity index (χ3v) is 5.78. The van der Waals surface area contributed by atoms with Crippen LogP contribution in [0.1, 0.15) is 11.3 Å². The van der Waals surface area contributed by atoms with Crippen LogP contribution < -0.4 is 0 Å². The van der Waals surface area contributed by atoms with E-state index in [2.05, 4.69) is 9.88 Å². The molecule has 118 valence electrons. The van der Waals surface area contributed by atoms with Crippen LogP contribution in [0, 0.1) is 12.8 Å². The van der Waals surface area contributed by atoms with Crippen molar-refractivity contribution in [2.24, 2.45) is 5.92 Å². The highest BCUT2D eigenvalue weighted by molar-refractivity contribution is 7.89. The molecule has 1 fully saturated rings. The van der Waals surface area contributed by atoms with Crippen LogP contribution in [0.15, 0.2) is 18.3 Å². The number of aryl methyl sites for hydroxylation is 1. The highest BCUT2D eigenvalue weighted by Gasteiger charge is 2.35. The number of nitrogens with zero attached hydrogens (tertiary/aromatic N) is 3. The van der Waals surface area contributed by atoms with E-state index in [0.29, 0.717) is 19.6 Å². The third-order valence-electron chi connectivity index (χ3n) is 3.82. The van der Waals surface area contributed by atoms with Crippen molar-refractivity contribution in [3.63, 3.8) is 0 Å². The van der Waals surface area contributed by atoms with Gasteiger partial charge in [-0.1, -0.05) is 6.07 Å². The van der Waals surface area contributed by atoms with Gasteiger partial charge in [-0.3, -0.25) is 9.88 Å². The SMILES string of the molecule is Cc1ccc(CN2C[C@@H](CS(=O)(=O)N(C)C)[C@@H](O)C2)nc1. The average Bonchev–Trinajstić information content (AvgIpc) is 2.72. The Morgan fingerprint density at radius 3 is 2.67 bits per heavy atom. The largest absolute Gasteiger partial charge is 0.391 e. The molecule has 21 heavy (non-hydrogen) atoms. The Kier molecular flexibility index (Phi) is 4.98. The van der Waals surface area contributed by atoms with E-state index in [1.165, 1.54) is 18.4 Å². The molecule has 0 saturated carbocycles. The fourth-order valence-corrected chi connectivity index (χ4v) is 3.64. The fraction of sp³-hybridized carbons (Fsp3) is 0.643. The molecule has 1 aromatic heterocycles. The zero-order chi connectivity index (χ0) is 15.6. The van der Waals surface area contributed by atoms with E-state index in [-0.39, 0.29) is 11.7 Å². The second-order valence-electron chi connectivity index (χ2n) is 5.91. The molecule has 1 aliphatic rings. The predicted molar refractivity (Wildman–Crippen MR) is 81.2 cm³/mol. The zero-order valence-electron chi connectivity index (χ0n) is 12.7. The summed E-state index contributed by atoms with van der Waals surface area (Å²) in [6.07, 6.45) is 1.21. The van der Waals surface area contributed by atoms with E-state index < -0.39 is 16.1 Å². The topological polar surface area (TPSA) is 73.7 Å². The first-order chi connectivity index (χ1) is 9.78. The van der Waals surface area contributed by atoms with E-state index in [0.717, 1.165) is 11.3 Å². The molecule has 7 heteroatoms. The molecule has 2 heterocycles. The second-order valence-corrected chi connectivity index (χ2v) is 8.14. The molecule has 1 aromatic rings. The van der Waals surface area contributed by atoms with Gasteiger partial charge in [0.2, 0.25) is 10.0 Å². The quantitative estimate of drug-likeness (QED) is 0.833. The van der Waals surface area contributed by atoms with Crippen molar-refractivity contribution in [3.05, 3.63) is 29.6 Å². The molecule has 1 N–H and O–H groups in total. The number of sulfonamides is 1. The van der Waals surface area contributed by atoms with Crippen LogP contribution in [0.4, 0.5) is 0 Å². The molecule has 0 aromatic carbocycles. The standard InChI is InChI=1S/C14H23N3O3S/c1-11-4-5-13(15-6-11)8-17-7-12(14(18)9-17)10-21(19,20)16(2)3/h4-6,12,14,18H,7-10H2,1-3H3/t12-,14-/m0/s1. The van der Waals surface area contributed by atoms with Gasteiger partial charge in [-0.25, -0.2) is 12.7 Å². The number of rotatable bonds is 5. The summed E-state index contributed by atoms with van der Waals surface area (Å²) in [5.74, 6) is -0.262. The van der Waals surface area contributed by atoms with E-state index >= 15 is 0 Å². The highest BCUT2D eigenvalue weighted by Crippen LogP contribution is 2.21. The zero-order valence-corrected chi connectivity index (χ0v) is 13.5. The Balaban J connectivity index is 1.96. The fourth-order valence-electron chi connectivity index (χ4n) is 2.48. The summed E-state index contributed by atoms with van der Waals surface area (Å²) in [4.78, 5) is 6.40. The minimum absolute atomic E-state index is 0.0149. The maximum atomic E-state index is 11.9. The molecule has 0 radical (unpaired) electrons. The van der Waals surface area contributed by atoms with Gasteiger partial charge in [0.15, 0.2) is 0 Å². The lowest BCUT2D eigenvalue weighted by Crippen LogP contribution is -2.33. The van der Waals surface area contributed by atoms with Gasteiger partial charge in [0, 0.05) is 45.8 Å². The molecule has 0 amide bonds. The van der Waals surface area contributed by atoms with Crippen LogP contribution in [-0.2, 0) is 16.6 Å². The van der Waals surface area contributed by atoms with Crippen molar-refractivity contribution in [1.82, 2.24) is 14.2 Å².